The molecule has 57 heavy (non-hydrogen) atoms. The predicted octanol–water partition coefficient (Wildman–Crippen LogP) is 15.2. The van der Waals surface area contributed by atoms with Crippen molar-refractivity contribution >= 4 is 11.9 Å². The van der Waals surface area contributed by atoms with Crippen LogP contribution in [0.5, 0.6) is 0 Å². The molecule has 0 saturated heterocycles. The lowest BCUT2D eigenvalue weighted by molar-refractivity contribution is -0.161. The Kier molecular flexibility index (Phi) is 44.6. The average Bonchev–Trinajstić information content (AvgIpc) is 3.21. The Morgan fingerprint density at radius 1 is 0.421 bits per heavy atom. The first-order chi connectivity index (χ1) is 28.1. The highest BCUT2D eigenvalue weighted by atomic mass is 16.6. The summed E-state index contributed by atoms with van der Waals surface area (Å²) in [6.45, 7) is 3.98. The lowest BCUT2D eigenvalue weighted by atomic mass is 10.1. The highest BCUT2D eigenvalue weighted by molar-refractivity contribution is 5.70. The van der Waals surface area contributed by atoms with Gasteiger partial charge in [-0.2, -0.15) is 0 Å². The van der Waals surface area contributed by atoms with Crippen molar-refractivity contribution in [1.82, 2.24) is 0 Å². The van der Waals surface area contributed by atoms with E-state index in [-0.39, 0.29) is 25.2 Å². The maximum Gasteiger partial charge on any atom is 0.306 e. The molecule has 1 unspecified atom stereocenters. The van der Waals surface area contributed by atoms with Crippen LogP contribution in [0.3, 0.4) is 0 Å². The normalized spacial score (nSPS) is 13.1. The van der Waals surface area contributed by atoms with Crippen molar-refractivity contribution < 1.29 is 24.2 Å². The number of esters is 2. The van der Waals surface area contributed by atoms with Crippen LogP contribution in [0, 0.1) is 0 Å². The Labute approximate surface area is 351 Å². The van der Waals surface area contributed by atoms with Crippen molar-refractivity contribution in [2.75, 3.05) is 13.2 Å². The summed E-state index contributed by atoms with van der Waals surface area (Å²) in [6, 6.07) is 0. The molecular weight excluding hydrogens is 705 g/mol. The molecule has 5 heteroatoms. The predicted molar refractivity (Wildman–Crippen MR) is 246 cm³/mol. The van der Waals surface area contributed by atoms with Gasteiger partial charge in [-0.05, 0) is 96.3 Å². The quantitative estimate of drug-likeness (QED) is 0.0379. The second kappa shape index (κ2) is 47.2. The van der Waals surface area contributed by atoms with Crippen LogP contribution >= 0.6 is 0 Å². The van der Waals surface area contributed by atoms with Gasteiger partial charge < -0.3 is 14.6 Å². The highest BCUT2D eigenvalue weighted by Gasteiger charge is 2.16. The molecule has 0 heterocycles. The Hall–Kier alpha value is -3.18. The zero-order valence-electron chi connectivity index (χ0n) is 36.8. The summed E-state index contributed by atoms with van der Waals surface area (Å²) >= 11 is 0. The molecule has 0 bridgehead atoms. The number of hydrogen-bond donors (Lipinski definition) is 1. The fourth-order valence-electron chi connectivity index (χ4n) is 6.12. The third-order valence-electron chi connectivity index (χ3n) is 9.61. The molecule has 5 nitrogen and oxygen atoms in total. The summed E-state index contributed by atoms with van der Waals surface area (Å²) in [5.74, 6) is -0.622. The fraction of sp³-hybridized carbons (Fsp3) is 0.654. The van der Waals surface area contributed by atoms with E-state index in [0.29, 0.717) is 12.8 Å². The van der Waals surface area contributed by atoms with Crippen molar-refractivity contribution in [3.8, 4) is 0 Å². The third kappa shape index (κ3) is 45.4. The summed E-state index contributed by atoms with van der Waals surface area (Å²) in [5.41, 5.74) is 0. The Balaban J connectivity index is 3.61. The molecule has 0 aliphatic heterocycles. The van der Waals surface area contributed by atoms with Gasteiger partial charge in [-0.1, -0.05) is 188 Å². The first-order valence-electron chi connectivity index (χ1n) is 23.3. The minimum atomic E-state index is -0.788. The maximum absolute atomic E-state index is 12.2. The monoisotopic (exact) mass is 791 g/mol. The van der Waals surface area contributed by atoms with E-state index in [1.807, 2.05) is 0 Å². The molecule has 0 rings (SSSR count). The molecular formula is C52H86O5. The third-order valence-corrected chi connectivity index (χ3v) is 9.61. The molecule has 0 saturated carbocycles. The number of aliphatic hydroxyl groups is 1. The molecule has 0 aromatic heterocycles. The summed E-state index contributed by atoms with van der Waals surface area (Å²) in [4.78, 5) is 24.4. The van der Waals surface area contributed by atoms with Gasteiger partial charge in [0, 0.05) is 12.8 Å². The number of unbranched alkanes of at least 4 members (excludes halogenated alkanes) is 17. The van der Waals surface area contributed by atoms with Gasteiger partial charge in [-0.25, -0.2) is 0 Å². The molecule has 0 radical (unpaired) electrons. The summed E-state index contributed by atoms with van der Waals surface area (Å²) in [5, 5.41) is 9.60. The number of carbonyl (C=O) groups excluding carboxylic acids is 2. The van der Waals surface area contributed by atoms with Gasteiger partial charge >= 0.3 is 11.9 Å². The molecule has 0 aliphatic carbocycles. The Bertz CT molecular complexity index is 1120. The molecule has 0 amide bonds. The number of aliphatic hydroxyl groups excluding tert-OH is 1. The van der Waals surface area contributed by atoms with E-state index >= 15 is 0 Å². The van der Waals surface area contributed by atoms with Gasteiger partial charge in [-0.3, -0.25) is 9.59 Å². The van der Waals surface area contributed by atoms with Crippen molar-refractivity contribution in [1.29, 1.82) is 0 Å². The second-order valence-corrected chi connectivity index (χ2v) is 15.1. The molecule has 0 fully saturated rings. The van der Waals surface area contributed by atoms with Crippen molar-refractivity contribution in [3.63, 3.8) is 0 Å². The Morgan fingerprint density at radius 3 is 1.14 bits per heavy atom. The highest BCUT2D eigenvalue weighted by Crippen LogP contribution is 2.13. The molecule has 0 aromatic carbocycles. The standard InChI is InChI=1S/C52H86O5/c1-3-5-7-9-11-13-15-17-19-21-22-23-24-25-26-27-28-29-30-31-33-35-37-39-41-43-45-47-52(55)57-50(48-53)49-56-51(54)46-44-42-40-38-36-34-32-20-18-16-14-12-10-8-6-4-2/h5,7,11,13-14,16-17,19-20,22-23,25-26,28-29,32,50,53H,3-4,6,8-10,12,15,18,21,24,27,30-31,33-49H2,1-2H3/b7-5-,13-11-,16-14-,19-17-,23-22-,26-25-,29-28-,32-20-. The van der Waals surface area contributed by atoms with Crippen LogP contribution in [0.1, 0.15) is 200 Å². The first-order valence-corrected chi connectivity index (χ1v) is 23.3. The number of hydrogen-bond acceptors (Lipinski definition) is 5. The van der Waals surface area contributed by atoms with Crippen LogP contribution in [0.25, 0.3) is 0 Å². The molecule has 0 aliphatic rings. The van der Waals surface area contributed by atoms with Gasteiger partial charge in [0.2, 0.25) is 0 Å². The van der Waals surface area contributed by atoms with Gasteiger partial charge in [0.15, 0.2) is 6.10 Å². The molecule has 1 atom stereocenters. The van der Waals surface area contributed by atoms with Crippen LogP contribution in [0.2, 0.25) is 0 Å². The second-order valence-electron chi connectivity index (χ2n) is 15.1. The first kappa shape index (κ1) is 53.8. The molecule has 324 valence electrons. The summed E-state index contributed by atoms with van der Waals surface area (Å²) in [7, 11) is 0. The van der Waals surface area contributed by atoms with Gasteiger partial charge in [0.05, 0.1) is 6.61 Å². The number of carbonyl (C=O) groups is 2. The van der Waals surface area contributed by atoms with Crippen LogP contribution < -0.4 is 0 Å². The van der Waals surface area contributed by atoms with E-state index in [2.05, 4.69) is 111 Å². The van der Waals surface area contributed by atoms with E-state index in [1.165, 1.54) is 77.0 Å². The van der Waals surface area contributed by atoms with Gasteiger partial charge in [-0.15, -0.1) is 0 Å². The largest absolute Gasteiger partial charge is 0.462 e. The topological polar surface area (TPSA) is 72.8 Å². The SMILES string of the molecule is CC/C=C\C/C=C\C/C=C\C/C=C\C/C=C\C/C=C\CCCCCCCCCCC(=O)OC(CO)COC(=O)CCCCCCC/C=C\C/C=C\CCCCCC. The summed E-state index contributed by atoms with van der Waals surface area (Å²) in [6.07, 6.45) is 66.2. The summed E-state index contributed by atoms with van der Waals surface area (Å²) < 4.78 is 10.6. The van der Waals surface area contributed by atoms with E-state index in [4.69, 9.17) is 9.47 Å². The molecule has 1 N–H and O–H groups in total. The Morgan fingerprint density at radius 2 is 0.754 bits per heavy atom. The molecule has 0 spiro atoms. The van der Waals surface area contributed by atoms with Gasteiger partial charge in [0.1, 0.15) is 6.61 Å². The zero-order chi connectivity index (χ0) is 41.4. The fourth-order valence-corrected chi connectivity index (χ4v) is 6.12. The maximum atomic E-state index is 12.2. The van der Waals surface area contributed by atoms with Gasteiger partial charge in [0.25, 0.3) is 0 Å². The smallest absolute Gasteiger partial charge is 0.306 e. The minimum Gasteiger partial charge on any atom is -0.462 e. The minimum absolute atomic E-state index is 0.0818. The van der Waals surface area contributed by atoms with Crippen molar-refractivity contribution in [2.24, 2.45) is 0 Å². The van der Waals surface area contributed by atoms with E-state index in [9.17, 15) is 14.7 Å². The van der Waals surface area contributed by atoms with E-state index in [1.54, 1.807) is 0 Å². The van der Waals surface area contributed by atoms with Crippen LogP contribution in [0.15, 0.2) is 97.2 Å². The lowest BCUT2D eigenvalue weighted by Gasteiger charge is -2.15. The lowest BCUT2D eigenvalue weighted by Crippen LogP contribution is -2.28. The number of rotatable bonds is 41. The van der Waals surface area contributed by atoms with Crippen molar-refractivity contribution in [3.05, 3.63) is 97.2 Å². The zero-order valence-corrected chi connectivity index (χ0v) is 36.8. The molecule has 0 aromatic rings. The van der Waals surface area contributed by atoms with Crippen LogP contribution in [-0.4, -0.2) is 36.4 Å². The van der Waals surface area contributed by atoms with Crippen LogP contribution in [-0.2, 0) is 19.1 Å². The number of allylic oxidation sites excluding steroid dienone is 16. The number of ether oxygens (including phenoxy) is 2. The van der Waals surface area contributed by atoms with E-state index in [0.717, 1.165) is 96.3 Å². The van der Waals surface area contributed by atoms with Crippen LogP contribution in [0.4, 0.5) is 0 Å². The van der Waals surface area contributed by atoms with Crippen molar-refractivity contribution in [2.45, 2.75) is 206 Å². The average molecular weight is 791 g/mol. The van der Waals surface area contributed by atoms with E-state index < -0.39 is 6.10 Å².